The molecule has 2 aromatic carbocycles. The van der Waals surface area contributed by atoms with Crippen molar-refractivity contribution in [3.05, 3.63) is 63.6 Å². The molecule has 2 rings (SSSR count). The smallest absolute Gasteiger partial charge is 0.141 e. The zero-order valence-electron chi connectivity index (χ0n) is 9.18. The predicted octanol–water partition coefficient (Wildman–Crippen LogP) is 4.88. The molecule has 0 saturated heterocycles. The van der Waals surface area contributed by atoms with Gasteiger partial charge in [-0.1, -0.05) is 29.3 Å². The largest absolute Gasteiger partial charge is 0.381 e. The van der Waals surface area contributed by atoms with Crippen LogP contribution in [0.1, 0.15) is 5.56 Å². The molecule has 0 aromatic heterocycles. The molecule has 0 bridgehead atoms. The van der Waals surface area contributed by atoms with E-state index in [2.05, 4.69) is 5.32 Å². The van der Waals surface area contributed by atoms with Gasteiger partial charge < -0.3 is 5.32 Å². The number of benzene rings is 2. The summed E-state index contributed by atoms with van der Waals surface area (Å²) in [5.74, 6) is -0.878. The summed E-state index contributed by atoms with van der Waals surface area (Å²) in [6.45, 7) is 0.403. The van der Waals surface area contributed by atoms with Gasteiger partial charge in [0.2, 0.25) is 0 Å². The van der Waals surface area contributed by atoms with E-state index < -0.39 is 11.6 Å². The van der Waals surface area contributed by atoms with Crippen LogP contribution in [0.25, 0.3) is 0 Å². The van der Waals surface area contributed by atoms with Crippen molar-refractivity contribution in [1.29, 1.82) is 0 Å². The molecule has 18 heavy (non-hydrogen) atoms. The molecule has 94 valence electrons. The molecule has 1 N–H and O–H groups in total. The highest BCUT2D eigenvalue weighted by Crippen LogP contribution is 2.20. The molecule has 0 heterocycles. The highest BCUT2D eigenvalue weighted by Gasteiger charge is 2.02. The van der Waals surface area contributed by atoms with E-state index in [4.69, 9.17) is 23.2 Å². The normalized spacial score (nSPS) is 10.4. The maximum Gasteiger partial charge on any atom is 0.141 e. The highest BCUT2D eigenvalue weighted by atomic mass is 35.5. The van der Waals surface area contributed by atoms with Gasteiger partial charge in [0.1, 0.15) is 11.6 Å². The van der Waals surface area contributed by atoms with E-state index in [0.717, 1.165) is 5.56 Å². The number of anilines is 1. The monoisotopic (exact) mass is 287 g/mol. The van der Waals surface area contributed by atoms with Gasteiger partial charge >= 0.3 is 0 Å². The fourth-order valence-corrected chi connectivity index (χ4v) is 1.93. The van der Waals surface area contributed by atoms with Crippen molar-refractivity contribution in [2.75, 3.05) is 5.32 Å². The van der Waals surface area contributed by atoms with Crippen molar-refractivity contribution in [2.45, 2.75) is 6.54 Å². The number of hydrogen-bond acceptors (Lipinski definition) is 1. The molecular formula is C13H9Cl2F2N. The lowest BCUT2D eigenvalue weighted by Crippen LogP contribution is -2.00. The molecule has 0 saturated carbocycles. The summed E-state index contributed by atoms with van der Waals surface area (Å²) in [5.41, 5.74) is 1.35. The summed E-state index contributed by atoms with van der Waals surface area (Å²) in [6, 6.07) is 8.58. The van der Waals surface area contributed by atoms with Crippen LogP contribution >= 0.6 is 23.2 Å². The molecule has 0 atom stereocenters. The second-order valence-corrected chi connectivity index (χ2v) is 4.60. The fourth-order valence-electron chi connectivity index (χ4n) is 1.51. The quantitative estimate of drug-likeness (QED) is 0.848. The van der Waals surface area contributed by atoms with Gasteiger partial charge in [-0.25, -0.2) is 8.78 Å². The van der Waals surface area contributed by atoms with Gasteiger partial charge in [0, 0.05) is 17.3 Å². The average molecular weight is 288 g/mol. The third kappa shape index (κ3) is 3.34. The molecule has 0 fully saturated rings. The maximum atomic E-state index is 13.1. The Morgan fingerprint density at radius 1 is 1.00 bits per heavy atom. The van der Waals surface area contributed by atoms with Crippen LogP contribution in [0.2, 0.25) is 10.0 Å². The van der Waals surface area contributed by atoms with Gasteiger partial charge in [0.05, 0.1) is 5.02 Å². The molecular weight excluding hydrogens is 279 g/mol. The van der Waals surface area contributed by atoms with E-state index in [1.54, 1.807) is 12.1 Å². The van der Waals surface area contributed by atoms with Crippen LogP contribution in [0, 0.1) is 11.6 Å². The van der Waals surface area contributed by atoms with E-state index >= 15 is 0 Å². The number of hydrogen-bond donors (Lipinski definition) is 1. The molecule has 0 aliphatic rings. The molecule has 2 aromatic rings. The third-order valence-corrected chi connectivity index (χ3v) is 2.85. The first kappa shape index (κ1) is 13.1. The summed E-state index contributed by atoms with van der Waals surface area (Å²) >= 11 is 11.4. The molecule has 5 heteroatoms. The lowest BCUT2D eigenvalue weighted by atomic mass is 10.2. The van der Waals surface area contributed by atoms with Crippen LogP contribution in [0.3, 0.4) is 0 Å². The van der Waals surface area contributed by atoms with Crippen LogP contribution in [0.4, 0.5) is 14.5 Å². The zero-order valence-corrected chi connectivity index (χ0v) is 10.7. The number of nitrogens with one attached hydrogen (secondary N) is 1. The van der Waals surface area contributed by atoms with Gasteiger partial charge in [-0.15, -0.1) is 0 Å². The molecule has 0 spiro atoms. The summed E-state index contributed by atoms with van der Waals surface area (Å²) in [4.78, 5) is 0. The maximum absolute atomic E-state index is 13.1. The Kier molecular flexibility index (Phi) is 4.04. The van der Waals surface area contributed by atoms with Crippen molar-refractivity contribution >= 4 is 28.9 Å². The van der Waals surface area contributed by atoms with Crippen LogP contribution in [-0.4, -0.2) is 0 Å². The Balaban J connectivity index is 2.08. The lowest BCUT2D eigenvalue weighted by molar-refractivity contribution is 0.627. The van der Waals surface area contributed by atoms with Crippen molar-refractivity contribution in [2.24, 2.45) is 0 Å². The first-order chi connectivity index (χ1) is 8.54. The Hall–Kier alpha value is -1.32. The Morgan fingerprint density at radius 2 is 1.78 bits per heavy atom. The molecule has 0 amide bonds. The van der Waals surface area contributed by atoms with Crippen molar-refractivity contribution in [3.63, 3.8) is 0 Å². The standard InChI is InChI=1S/C13H9Cl2F2N/c14-9-4-10(16)6-11(5-9)18-7-8-1-2-13(17)12(15)3-8/h1-6,18H,7H2. The first-order valence-corrected chi connectivity index (χ1v) is 5.94. The highest BCUT2D eigenvalue weighted by molar-refractivity contribution is 6.31. The minimum absolute atomic E-state index is 0.0616. The predicted molar refractivity (Wildman–Crippen MR) is 70.1 cm³/mol. The van der Waals surface area contributed by atoms with Gasteiger partial charge in [0.25, 0.3) is 0 Å². The van der Waals surface area contributed by atoms with Crippen LogP contribution in [0.5, 0.6) is 0 Å². The van der Waals surface area contributed by atoms with E-state index in [0.29, 0.717) is 17.3 Å². The minimum atomic E-state index is -0.464. The van der Waals surface area contributed by atoms with Crippen LogP contribution in [-0.2, 0) is 6.54 Å². The fraction of sp³-hybridized carbons (Fsp3) is 0.0769. The number of rotatable bonds is 3. The SMILES string of the molecule is Fc1cc(Cl)cc(NCc2ccc(F)c(Cl)c2)c1. The van der Waals surface area contributed by atoms with E-state index in [1.807, 2.05) is 0 Å². The van der Waals surface area contributed by atoms with Gasteiger partial charge in [0.15, 0.2) is 0 Å². The van der Waals surface area contributed by atoms with Crippen molar-refractivity contribution < 1.29 is 8.78 Å². The summed E-state index contributed by atoms with van der Waals surface area (Å²) in [5, 5.41) is 3.36. The molecule has 0 aliphatic heterocycles. The van der Waals surface area contributed by atoms with Gasteiger partial charge in [-0.2, -0.15) is 0 Å². The summed E-state index contributed by atoms with van der Waals surface area (Å²) in [7, 11) is 0. The van der Waals surface area contributed by atoms with Gasteiger partial charge in [-0.05, 0) is 35.9 Å². The molecule has 0 aliphatic carbocycles. The topological polar surface area (TPSA) is 12.0 Å². The van der Waals surface area contributed by atoms with Gasteiger partial charge in [-0.3, -0.25) is 0 Å². The second-order valence-electron chi connectivity index (χ2n) is 3.76. The Bertz CT molecular complexity index is 553. The van der Waals surface area contributed by atoms with E-state index in [-0.39, 0.29) is 5.02 Å². The third-order valence-electron chi connectivity index (χ3n) is 2.34. The Morgan fingerprint density at radius 3 is 2.44 bits per heavy atom. The first-order valence-electron chi connectivity index (χ1n) is 5.18. The van der Waals surface area contributed by atoms with Crippen molar-refractivity contribution in [1.82, 2.24) is 0 Å². The minimum Gasteiger partial charge on any atom is -0.381 e. The second kappa shape index (κ2) is 5.55. The van der Waals surface area contributed by atoms with Crippen molar-refractivity contribution in [3.8, 4) is 0 Å². The summed E-state index contributed by atoms with van der Waals surface area (Å²) < 4.78 is 26.0. The van der Waals surface area contributed by atoms with Crippen LogP contribution in [0.15, 0.2) is 36.4 Å². The zero-order chi connectivity index (χ0) is 13.1. The van der Waals surface area contributed by atoms with Crippen LogP contribution < -0.4 is 5.32 Å². The molecule has 0 radical (unpaired) electrons. The van der Waals surface area contributed by atoms with E-state index in [1.165, 1.54) is 24.3 Å². The van der Waals surface area contributed by atoms with E-state index in [9.17, 15) is 8.78 Å². The molecule has 0 unspecified atom stereocenters. The number of halogens is 4. The average Bonchev–Trinajstić information content (AvgIpc) is 2.29. The lowest BCUT2D eigenvalue weighted by Gasteiger charge is -2.08. The molecule has 1 nitrogen and oxygen atoms in total. The Labute approximate surface area is 113 Å². The summed E-state index contributed by atoms with van der Waals surface area (Å²) in [6.07, 6.45) is 0.